The summed E-state index contributed by atoms with van der Waals surface area (Å²) in [5.74, 6) is -0.931. The van der Waals surface area contributed by atoms with Crippen LogP contribution in [-0.4, -0.2) is 44.1 Å². The fraction of sp³-hybridized carbons (Fsp3) is 0.391. The highest BCUT2D eigenvalue weighted by Crippen LogP contribution is 2.24. The molecule has 1 aromatic carbocycles. The van der Waals surface area contributed by atoms with E-state index >= 15 is 0 Å². The second kappa shape index (κ2) is 10.1. The van der Waals surface area contributed by atoms with E-state index in [2.05, 4.69) is 10.2 Å². The Balaban J connectivity index is 2.14. The van der Waals surface area contributed by atoms with Gasteiger partial charge in [0.05, 0.1) is 11.4 Å². The van der Waals surface area contributed by atoms with E-state index < -0.39 is 17.4 Å². The molecule has 0 N–H and O–H groups in total. The average Bonchev–Trinajstić information content (AvgIpc) is 3.02. The first-order chi connectivity index (χ1) is 15.8. The number of carbonyl (C=O) groups is 2. The van der Waals surface area contributed by atoms with Gasteiger partial charge in [-0.1, -0.05) is 18.2 Å². The van der Waals surface area contributed by atoms with Crippen LogP contribution in [0.3, 0.4) is 0 Å². The smallest absolute Gasteiger partial charge is 0.299 e. The van der Waals surface area contributed by atoms with Crippen molar-refractivity contribution in [2.75, 3.05) is 13.1 Å². The lowest BCUT2D eigenvalue weighted by atomic mass is 10.1. The second-order valence-electron chi connectivity index (χ2n) is 7.82. The molecule has 3 rings (SSSR count). The van der Waals surface area contributed by atoms with Gasteiger partial charge in [-0.2, -0.15) is 5.26 Å². The van der Waals surface area contributed by atoms with Crippen LogP contribution in [0.4, 0.5) is 5.69 Å². The van der Waals surface area contributed by atoms with Crippen LogP contribution < -0.4 is 5.56 Å². The van der Waals surface area contributed by atoms with Gasteiger partial charge in [0.25, 0.3) is 5.56 Å². The van der Waals surface area contributed by atoms with Crippen LogP contribution in [0.5, 0.6) is 0 Å². The summed E-state index contributed by atoms with van der Waals surface area (Å²) in [6, 6.07) is 11.1. The molecule has 10 heteroatoms. The van der Waals surface area contributed by atoms with Crippen molar-refractivity contribution in [3.8, 4) is 11.8 Å². The molecule has 1 saturated heterocycles. The highest BCUT2D eigenvalue weighted by atomic mass is 16.2. The lowest BCUT2D eigenvalue weighted by Crippen LogP contribution is -2.43. The van der Waals surface area contributed by atoms with Gasteiger partial charge < -0.3 is 4.90 Å². The summed E-state index contributed by atoms with van der Waals surface area (Å²) < 4.78 is 3.12. The molecule has 0 aliphatic carbocycles. The monoisotopic (exact) mass is 449 g/mol. The number of nitrogens with zero attached hydrogens (tertiary/aromatic N) is 7. The number of azo groups is 1. The topological polar surface area (TPSA) is 116 Å². The lowest BCUT2D eigenvalue weighted by Gasteiger charge is -2.35. The Hall–Kier alpha value is -4.00. The number of imide groups is 1. The summed E-state index contributed by atoms with van der Waals surface area (Å²) in [6.45, 7) is 5.42. The summed E-state index contributed by atoms with van der Waals surface area (Å²) in [5.41, 5.74) is 0.704. The maximum Gasteiger partial charge on any atom is 0.299 e. The van der Waals surface area contributed by atoms with Gasteiger partial charge in [0.15, 0.2) is 11.5 Å². The van der Waals surface area contributed by atoms with Gasteiger partial charge in [0.1, 0.15) is 6.07 Å². The molecular formula is C23H27N7O3. The lowest BCUT2D eigenvalue weighted by molar-refractivity contribution is -0.141. The first kappa shape index (κ1) is 23.7. The van der Waals surface area contributed by atoms with Crippen molar-refractivity contribution < 1.29 is 9.59 Å². The number of aromatic nitrogens is 2. The van der Waals surface area contributed by atoms with Crippen LogP contribution in [0.15, 0.2) is 56.9 Å². The molecule has 0 radical (unpaired) electrons. The van der Waals surface area contributed by atoms with Gasteiger partial charge in [0, 0.05) is 34.0 Å². The number of para-hydroxylation sites is 1. The Bertz CT molecular complexity index is 1200. The van der Waals surface area contributed by atoms with Gasteiger partial charge in [0.2, 0.25) is 17.5 Å². The van der Waals surface area contributed by atoms with Gasteiger partial charge in [-0.25, -0.2) is 9.58 Å². The molecule has 1 aliphatic rings. The first-order valence-corrected chi connectivity index (χ1v) is 10.7. The number of benzene rings is 1. The first-order valence-electron chi connectivity index (χ1n) is 10.7. The number of amides is 2. The molecule has 10 nitrogen and oxygen atoms in total. The van der Waals surface area contributed by atoms with Crippen LogP contribution >= 0.6 is 0 Å². The maximum absolute atomic E-state index is 13.1. The number of hydrogen-bond donors (Lipinski definition) is 0. The standard InChI is InChI=1S/C23H27N7O3/c1-16-21(23(33)30(27(16)4)19-11-7-5-8-12-19)26-25-20(15-24)22(28-13-9-6-10-14-28)29(17(2)31)18(3)32/h5,7-8,11-12H,6,9-10,13-14H2,1-4H3/b22-20+,26-25?. The largest absolute Gasteiger partial charge is 0.355 e. The highest BCUT2D eigenvalue weighted by Gasteiger charge is 2.29. The summed E-state index contributed by atoms with van der Waals surface area (Å²) in [5, 5.41) is 18.1. The molecular weight excluding hydrogens is 422 g/mol. The van der Waals surface area contributed by atoms with Crippen molar-refractivity contribution in [1.82, 2.24) is 19.2 Å². The molecule has 172 valence electrons. The number of allylic oxidation sites excluding steroid dienone is 1. The number of piperidine rings is 1. The molecule has 2 amide bonds. The molecule has 1 fully saturated rings. The molecule has 0 atom stereocenters. The summed E-state index contributed by atoms with van der Waals surface area (Å²) in [6.07, 6.45) is 2.75. The third-order valence-corrected chi connectivity index (χ3v) is 5.59. The number of rotatable bonds is 5. The van der Waals surface area contributed by atoms with Crippen LogP contribution in [-0.2, 0) is 16.6 Å². The Morgan fingerprint density at radius 1 is 1.06 bits per heavy atom. The van der Waals surface area contributed by atoms with Gasteiger partial charge >= 0.3 is 0 Å². The summed E-state index contributed by atoms with van der Waals surface area (Å²) >= 11 is 0. The van der Waals surface area contributed by atoms with Gasteiger partial charge in [-0.3, -0.25) is 19.1 Å². The Labute approximate surface area is 192 Å². The number of hydrogen-bond acceptors (Lipinski definition) is 7. The minimum atomic E-state index is -0.520. The second-order valence-corrected chi connectivity index (χ2v) is 7.82. The zero-order valence-electron chi connectivity index (χ0n) is 19.3. The van der Waals surface area contributed by atoms with E-state index in [1.54, 1.807) is 30.8 Å². The molecule has 0 bridgehead atoms. The zero-order valence-corrected chi connectivity index (χ0v) is 19.3. The Morgan fingerprint density at radius 3 is 2.21 bits per heavy atom. The van der Waals surface area contributed by atoms with Crippen molar-refractivity contribution in [2.45, 2.75) is 40.0 Å². The van der Waals surface area contributed by atoms with Crippen LogP contribution in [0.25, 0.3) is 5.69 Å². The van der Waals surface area contributed by atoms with Crippen molar-refractivity contribution in [2.24, 2.45) is 17.3 Å². The zero-order chi connectivity index (χ0) is 24.1. The molecule has 2 heterocycles. The third kappa shape index (κ3) is 4.77. The number of nitriles is 1. The summed E-state index contributed by atoms with van der Waals surface area (Å²) in [4.78, 5) is 40.4. The molecule has 0 unspecified atom stereocenters. The van der Waals surface area contributed by atoms with Crippen molar-refractivity contribution in [1.29, 1.82) is 5.26 Å². The average molecular weight is 450 g/mol. The maximum atomic E-state index is 13.1. The number of carbonyl (C=O) groups excluding carboxylic acids is 2. The molecule has 2 aromatic rings. The third-order valence-electron chi connectivity index (χ3n) is 5.59. The van der Waals surface area contributed by atoms with Crippen molar-refractivity contribution in [3.05, 3.63) is 57.9 Å². The van der Waals surface area contributed by atoms with E-state index in [0.717, 1.165) is 24.2 Å². The van der Waals surface area contributed by atoms with Crippen LogP contribution in [0, 0.1) is 18.3 Å². The van der Waals surface area contributed by atoms with E-state index in [9.17, 15) is 19.6 Å². The number of likely N-dealkylation sites (tertiary alicyclic amines) is 1. The normalized spacial score (nSPS) is 14.7. The fourth-order valence-corrected chi connectivity index (χ4v) is 3.91. The fourth-order valence-electron chi connectivity index (χ4n) is 3.91. The van der Waals surface area contributed by atoms with Crippen molar-refractivity contribution in [3.63, 3.8) is 0 Å². The van der Waals surface area contributed by atoms with E-state index in [1.165, 1.54) is 18.5 Å². The van der Waals surface area contributed by atoms with E-state index in [4.69, 9.17) is 0 Å². The molecule has 1 aromatic heterocycles. The predicted molar refractivity (Wildman–Crippen MR) is 122 cm³/mol. The predicted octanol–water partition coefficient (Wildman–Crippen LogP) is 3.14. The summed E-state index contributed by atoms with van der Waals surface area (Å²) in [7, 11) is 1.73. The molecule has 0 saturated carbocycles. The minimum Gasteiger partial charge on any atom is -0.355 e. The van der Waals surface area contributed by atoms with Crippen molar-refractivity contribution >= 4 is 17.5 Å². The highest BCUT2D eigenvalue weighted by molar-refractivity contribution is 5.95. The molecule has 1 aliphatic heterocycles. The Morgan fingerprint density at radius 2 is 1.67 bits per heavy atom. The van der Waals surface area contributed by atoms with E-state index in [1.807, 2.05) is 29.2 Å². The van der Waals surface area contributed by atoms with E-state index in [-0.39, 0.29) is 17.2 Å². The van der Waals surface area contributed by atoms with E-state index in [0.29, 0.717) is 24.5 Å². The Kier molecular flexibility index (Phi) is 7.23. The minimum absolute atomic E-state index is 0.0734. The van der Waals surface area contributed by atoms with Crippen LogP contribution in [0.1, 0.15) is 38.8 Å². The van der Waals surface area contributed by atoms with Gasteiger partial charge in [-0.05, 0) is 38.3 Å². The molecule has 0 spiro atoms. The van der Waals surface area contributed by atoms with Crippen LogP contribution in [0.2, 0.25) is 0 Å². The van der Waals surface area contributed by atoms with Gasteiger partial charge in [-0.15, -0.1) is 10.2 Å². The quantitative estimate of drug-likeness (QED) is 0.514. The SMILES string of the molecule is CC(=O)N(C(C)=O)/C(=C(\C#N)N=Nc1c(C)n(C)n(-c2ccccc2)c1=O)N1CCCCC1. The molecule has 33 heavy (non-hydrogen) atoms.